The third-order valence-electron chi connectivity index (χ3n) is 2.54. The molecule has 4 heteroatoms. The van der Waals surface area contributed by atoms with Gasteiger partial charge in [0.05, 0.1) is 6.04 Å². The Morgan fingerprint density at radius 2 is 1.88 bits per heavy atom. The summed E-state index contributed by atoms with van der Waals surface area (Å²) in [5.74, 6) is 1.62. The molecule has 0 spiro atoms. The van der Waals surface area contributed by atoms with Crippen molar-refractivity contribution in [2.75, 3.05) is 12.0 Å². The standard InChI is InChI=1S/C12H26N2OS/c1-9(2)5-6-10(3)14-12(15)11(13)7-8-16-4/h9-11H,5-8,13H2,1-4H3,(H,14,15)/t10?,11-/m0/s1. The largest absolute Gasteiger partial charge is 0.352 e. The van der Waals surface area contributed by atoms with Gasteiger partial charge in [-0.2, -0.15) is 11.8 Å². The molecule has 0 saturated carbocycles. The summed E-state index contributed by atoms with van der Waals surface area (Å²) >= 11 is 1.72. The van der Waals surface area contributed by atoms with Gasteiger partial charge in [-0.25, -0.2) is 0 Å². The van der Waals surface area contributed by atoms with Crippen molar-refractivity contribution in [3.63, 3.8) is 0 Å². The molecule has 0 aromatic rings. The topological polar surface area (TPSA) is 55.1 Å². The van der Waals surface area contributed by atoms with Gasteiger partial charge in [-0.05, 0) is 44.1 Å². The zero-order valence-corrected chi connectivity index (χ0v) is 11.8. The number of rotatable bonds is 8. The number of hydrogen-bond acceptors (Lipinski definition) is 3. The Kier molecular flexibility index (Phi) is 8.76. The van der Waals surface area contributed by atoms with Crippen LogP contribution in [-0.2, 0) is 4.79 Å². The van der Waals surface area contributed by atoms with Crippen LogP contribution in [0.25, 0.3) is 0 Å². The lowest BCUT2D eigenvalue weighted by molar-refractivity contribution is -0.123. The molecule has 16 heavy (non-hydrogen) atoms. The molecule has 0 radical (unpaired) electrons. The lowest BCUT2D eigenvalue weighted by Gasteiger charge is -2.18. The summed E-state index contributed by atoms with van der Waals surface area (Å²) in [5, 5.41) is 2.97. The van der Waals surface area contributed by atoms with Gasteiger partial charge < -0.3 is 11.1 Å². The summed E-state index contributed by atoms with van der Waals surface area (Å²) in [6.07, 6.45) is 4.94. The Balaban J connectivity index is 3.76. The second-order valence-electron chi connectivity index (χ2n) is 4.77. The Labute approximate surface area is 104 Å². The highest BCUT2D eigenvalue weighted by atomic mass is 32.2. The van der Waals surface area contributed by atoms with E-state index in [2.05, 4.69) is 19.2 Å². The highest BCUT2D eigenvalue weighted by Gasteiger charge is 2.15. The van der Waals surface area contributed by atoms with Gasteiger partial charge in [-0.1, -0.05) is 13.8 Å². The van der Waals surface area contributed by atoms with Crippen molar-refractivity contribution >= 4 is 17.7 Å². The van der Waals surface area contributed by atoms with E-state index in [1.807, 2.05) is 13.2 Å². The van der Waals surface area contributed by atoms with Crippen LogP contribution in [0, 0.1) is 5.92 Å². The molecule has 3 nitrogen and oxygen atoms in total. The number of thioether (sulfide) groups is 1. The van der Waals surface area contributed by atoms with E-state index in [9.17, 15) is 4.79 Å². The van der Waals surface area contributed by atoms with Crippen LogP contribution in [-0.4, -0.2) is 30.0 Å². The average Bonchev–Trinajstić information content (AvgIpc) is 2.22. The second kappa shape index (κ2) is 8.88. The highest BCUT2D eigenvalue weighted by Crippen LogP contribution is 2.07. The van der Waals surface area contributed by atoms with Crippen molar-refractivity contribution in [2.45, 2.75) is 52.1 Å². The van der Waals surface area contributed by atoms with Crippen LogP contribution >= 0.6 is 11.8 Å². The van der Waals surface area contributed by atoms with Crippen molar-refractivity contribution < 1.29 is 4.79 Å². The number of carbonyl (C=O) groups is 1. The Morgan fingerprint density at radius 1 is 1.25 bits per heavy atom. The van der Waals surface area contributed by atoms with Gasteiger partial charge in [0, 0.05) is 6.04 Å². The summed E-state index contributed by atoms with van der Waals surface area (Å²) < 4.78 is 0. The minimum Gasteiger partial charge on any atom is -0.352 e. The maximum atomic E-state index is 11.7. The van der Waals surface area contributed by atoms with Crippen molar-refractivity contribution in [1.82, 2.24) is 5.32 Å². The van der Waals surface area contributed by atoms with Crippen molar-refractivity contribution in [3.8, 4) is 0 Å². The van der Waals surface area contributed by atoms with E-state index in [-0.39, 0.29) is 18.0 Å². The Morgan fingerprint density at radius 3 is 2.38 bits per heavy atom. The highest BCUT2D eigenvalue weighted by molar-refractivity contribution is 7.98. The summed E-state index contributed by atoms with van der Waals surface area (Å²) in [6.45, 7) is 6.43. The minimum absolute atomic E-state index is 0.00898. The van der Waals surface area contributed by atoms with E-state index in [1.165, 1.54) is 0 Å². The van der Waals surface area contributed by atoms with E-state index in [1.54, 1.807) is 11.8 Å². The van der Waals surface area contributed by atoms with Crippen LogP contribution in [0.3, 0.4) is 0 Å². The second-order valence-corrected chi connectivity index (χ2v) is 5.75. The summed E-state index contributed by atoms with van der Waals surface area (Å²) in [6, 6.07) is -0.121. The zero-order valence-electron chi connectivity index (χ0n) is 11.0. The number of nitrogens with one attached hydrogen (secondary N) is 1. The molecule has 3 N–H and O–H groups in total. The molecule has 2 atom stereocenters. The fourth-order valence-corrected chi connectivity index (χ4v) is 1.87. The van der Waals surface area contributed by atoms with Gasteiger partial charge in [0.2, 0.25) is 5.91 Å². The normalized spacial score (nSPS) is 14.9. The molecular formula is C12H26N2OS. The summed E-state index contributed by atoms with van der Waals surface area (Å²) in [4.78, 5) is 11.7. The van der Waals surface area contributed by atoms with Crippen LogP contribution in [0.4, 0.5) is 0 Å². The number of nitrogens with two attached hydrogens (primary N) is 1. The first-order valence-electron chi connectivity index (χ1n) is 6.02. The van der Waals surface area contributed by atoms with Crippen molar-refractivity contribution in [1.29, 1.82) is 0 Å². The molecule has 1 amide bonds. The lowest BCUT2D eigenvalue weighted by Crippen LogP contribution is -2.44. The smallest absolute Gasteiger partial charge is 0.237 e. The molecule has 0 aromatic heterocycles. The average molecular weight is 246 g/mol. The molecule has 0 aliphatic carbocycles. The predicted octanol–water partition coefficient (Wildman–Crippen LogP) is 2.01. The van der Waals surface area contributed by atoms with Gasteiger partial charge in [0.1, 0.15) is 0 Å². The first kappa shape index (κ1) is 15.8. The van der Waals surface area contributed by atoms with E-state index in [4.69, 9.17) is 5.73 Å². The third kappa shape index (κ3) is 7.99. The Bertz CT molecular complexity index is 197. The van der Waals surface area contributed by atoms with Crippen LogP contribution < -0.4 is 11.1 Å². The quantitative estimate of drug-likeness (QED) is 0.689. The molecule has 0 saturated heterocycles. The zero-order chi connectivity index (χ0) is 12.6. The van der Waals surface area contributed by atoms with Gasteiger partial charge in [0.15, 0.2) is 0 Å². The Hall–Kier alpha value is -0.220. The molecule has 0 heterocycles. The lowest BCUT2D eigenvalue weighted by atomic mass is 10.0. The summed E-state index contributed by atoms with van der Waals surface area (Å²) in [5.41, 5.74) is 5.78. The minimum atomic E-state index is -0.353. The molecule has 96 valence electrons. The van der Waals surface area contributed by atoms with Crippen LogP contribution in [0.15, 0.2) is 0 Å². The number of carbonyl (C=O) groups excluding carboxylic acids is 1. The molecule has 0 rings (SSSR count). The maximum absolute atomic E-state index is 11.7. The van der Waals surface area contributed by atoms with Gasteiger partial charge in [-0.15, -0.1) is 0 Å². The maximum Gasteiger partial charge on any atom is 0.237 e. The molecular weight excluding hydrogens is 220 g/mol. The third-order valence-corrected chi connectivity index (χ3v) is 3.18. The van der Waals surface area contributed by atoms with Gasteiger partial charge in [-0.3, -0.25) is 4.79 Å². The van der Waals surface area contributed by atoms with Gasteiger partial charge >= 0.3 is 0 Å². The van der Waals surface area contributed by atoms with E-state index in [0.717, 1.165) is 25.0 Å². The van der Waals surface area contributed by atoms with Crippen molar-refractivity contribution in [2.24, 2.45) is 11.7 Å². The van der Waals surface area contributed by atoms with Crippen LogP contribution in [0.1, 0.15) is 40.0 Å². The summed E-state index contributed by atoms with van der Waals surface area (Å²) in [7, 11) is 0. The predicted molar refractivity (Wildman–Crippen MR) is 72.7 cm³/mol. The molecule has 0 fully saturated rings. The first-order valence-corrected chi connectivity index (χ1v) is 7.41. The fourth-order valence-electron chi connectivity index (χ4n) is 1.38. The molecule has 0 aliphatic rings. The molecule has 0 bridgehead atoms. The molecule has 0 aromatic carbocycles. The fraction of sp³-hybridized carbons (Fsp3) is 0.917. The number of hydrogen-bond donors (Lipinski definition) is 2. The molecule has 0 aliphatic heterocycles. The molecule has 1 unspecified atom stereocenters. The van der Waals surface area contributed by atoms with Crippen LogP contribution in [0.2, 0.25) is 0 Å². The monoisotopic (exact) mass is 246 g/mol. The van der Waals surface area contributed by atoms with E-state index >= 15 is 0 Å². The van der Waals surface area contributed by atoms with E-state index < -0.39 is 0 Å². The van der Waals surface area contributed by atoms with Crippen molar-refractivity contribution in [3.05, 3.63) is 0 Å². The number of amides is 1. The van der Waals surface area contributed by atoms with Gasteiger partial charge in [0.25, 0.3) is 0 Å². The SMILES string of the molecule is CSCC[C@H](N)C(=O)NC(C)CCC(C)C. The van der Waals surface area contributed by atoms with Crippen LogP contribution in [0.5, 0.6) is 0 Å². The van der Waals surface area contributed by atoms with E-state index in [0.29, 0.717) is 5.92 Å². The first-order chi connectivity index (χ1) is 7.47.